The van der Waals surface area contributed by atoms with Gasteiger partial charge in [0.05, 0.1) is 4.90 Å². The topological polar surface area (TPSA) is 37.4 Å². The van der Waals surface area contributed by atoms with Crippen LogP contribution in [0.2, 0.25) is 0 Å². The van der Waals surface area contributed by atoms with Crippen LogP contribution >= 0.6 is 27.5 Å². The van der Waals surface area contributed by atoms with Crippen molar-refractivity contribution >= 4 is 37.6 Å². The number of alkyl halides is 1. The zero-order valence-corrected chi connectivity index (χ0v) is 14.5. The quantitative estimate of drug-likeness (QED) is 0.712. The summed E-state index contributed by atoms with van der Waals surface area (Å²) in [5.41, 5.74) is 0.886. The van der Waals surface area contributed by atoms with Crippen molar-refractivity contribution in [2.45, 2.75) is 43.5 Å². The van der Waals surface area contributed by atoms with E-state index < -0.39 is 10.0 Å². The van der Waals surface area contributed by atoms with E-state index in [1.807, 2.05) is 13.8 Å². The van der Waals surface area contributed by atoms with Crippen LogP contribution in [0.5, 0.6) is 0 Å². The predicted octanol–water partition coefficient (Wildman–Crippen LogP) is 4.00. The smallest absolute Gasteiger partial charge is 0.207 e. The van der Waals surface area contributed by atoms with Gasteiger partial charge >= 0.3 is 0 Å². The largest absolute Gasteiger partial charge is 0.244 e. The number of benzene rings is 1. The number of hydrogen-bond acceptors (Lipinski definition) is 2. The molecule has 0 aliphatic rings. The molecule has 3 nitrogen and oxygen atoms in total. The number of rotatable bonds is 6. The van der Waals surface area contributed by atoms with Crippen LogP contribution in [0.15, 0.2) is 27.6 Å². The van der Waals surface area contributed by atoms with E-state index in [2.05, 4.69) is 15.9 Å². The average molecular weight is 369 g/mol. The van der Waals surface area contributed by atoms with Crippen molar-refractivity contribution in [3.05, 3.63) is 28.2 Å². The highest BCUT2D eigenvalue weighted by Gasteiger charge is 2.26. The van der Waals surface area contributed by atoms with E-state index >= 15 is 0 Å². The SMILES string of the molecule is CCCC(C)N(C)S(=O)(=O)c1ccc(CCl)cc1Br. The second-order valence-corrected chi connectivity index (χ2v) is 7.64. The Labute approximate surface area is 129 Å². The van der Waals surface area contributed by atoms with Gasteiger partial charge in [-0.15, -0.1) is 11.6 Å². The average Bonchev–Trinajstić information content (AvgIpc) is 2.37. The maximum Gasteiger partial charge on any atom is 0.244 e. The molecule has 1 aromatic carbocycles. The molecule has 0 heterocycles. The molecular weight excluding hydrogens is 350 g/mol. The van der Waals surface area contributed by atoms with Crippen LogP contribution in [0.3, 0.4) is 0 Å². The van der Waals surface area contributed by atoms with Crippen molar-refractivity contribution in [1.29, 1.82) is 0 Å². The summed E-state index contributed by atoms with van der Waals surface area (Å²) in [5.74, 6) is 0.362. The third kappa shape index (κ3) is 3.94. The van der Waals surface area contributed by atoms with Crippen molar-refractivity contribution in [2.24, 2.45) is 0 Å². The molecule has 0 N–H and O–H groups in total. The summed E-state index contributed by atoms with van der Waals surface area (Å²) in [6, 6.07) is 5.07. The van der Waals surface area contributed by atoms with Gasteiger partial charge in [0, 0.05) is 23.4 Å². The van der Waals surface area contributed by atoms with Gasteiger partial charge in [0.25, 0.3) is 0 Å². The minimum Gasteiger partial charge on any atom is -0.207 e. The Morgan fingerprint density at radius 1 is 1.42 bits per heavy atom. The van der Waals surface area contributed by atoms with Crippen LogP contribution in [-0.2, 0) is 15.9 Å². The lowest BCUT2D eigenvalue weighted by molar-refractivity contribution is 0.368. The molecule has 0 bridgehead atoms. The van der Waals surface area contributed by atoms with Crippen molar-refractivity contribution < 1.29 is 8.42 Å². The third-order valence-electron chi connectivity index (χ3n) is 3.13. The van der Waals surface area contributed by atoms with E-state index in [4.69, 9.17) is 11.6 Å². The van der Waals surface area contributed by atoms with E-state index in [0.717, 1.165) is 18.4 Å². The molecule has 0 spiro atoms. The predicted molar refractivity (Wildman–Crippen MR) is 83.0 cm³/mol. The van der Waals surface area contributed by atoms with Gasteiger partial charge in [-0.1, -0.05) is 19.4 Å². The molecule has 0 fully saturated rings. The van der Waals surface area contributed by atoms with Crippen LogP contribution in [-0.4, -0.2) is 25.8 Å². The Bertz CT molecular complexity index is 533. The normalized spacial score (nSPS) is 13.8. The van der Waals surface area contributed by atoms with Crippen LogP contribution in [0, 0.1) is 0 Å². The molecule has 1 aromatic rings. The number of halogens is 2. The highest BCUT2D eigenvalue weighted by molar-refractivity contribution is 9.10. The lowest BCUT2D eigenvalue weighted by Crippen LogP contribution is -2.35. The van der Waals surface area contributed by atoms with Crippen LogP contribution in [0.4, 0.5) is 0 Å². The van der Waals surface area contributed by atoms with Crippen molar-refractivity contribution in [3.63, 3.8) is 0 Å². The summed E-state index contributed by atoms with van der Waals surface area (Å²) in [5, 5.41) is 0. The van der Waals surface area contributed by atoms with E-state index in [0.29, 0.717) is 10.4 Å². The number of nitrogens with zero attached hydrogens (tertiary/aromatic N) is 1. The van der Waals surface area contributed by atoms with Gasteiger partial charge in [-0.05, 0) is 47.0 Å². The Balaban J connectivity index is 3.13. The molecule has 19 heavy (non-hydrogen) atoms. The second kappa shape index (κ2) is 7.07. The molecule has 6 heteroatoms. The first kappa shape index (κ1) is 17.0. The van der Waals surface area contributed by atoms with Crippen LogP contribution in [0.1, 0.15) is 32.3 Å². The van der Waals surface area contributed by atoms with Gasteiger partial charge in [0.15, 0.2) is 0 Å². The first-order valence-corrected chi connectivity index (χ1v) is 8.93. The highest BCUT2D eigenvalue weighted by atomic mass is 79.9. The molecular formula is C13H19BrClNO2S. The summed E-state index contributed by atoms with van der Waals surface area (Å²) in [4.78, 5) is 0.284. The summed E-state index contributed by atoms with van der Waals surface area (Å²) in [6.45, 7) is 3.96. The van der Waals surface area contributed by atoms with Crippen molar-refractivity contribution in [3.8, 4) is 0 Å². The maximum atomic E-state index is 12.5. The third-order valence-corrected chi connectivity index (χ3v) is 6.39. The maximum absolute atomic E-state index is 12.5. The summed E-state index contributed by atoms with van der Waals surface area (Å²) in [6.07, 6.45) is 1.79. The Morgan fingerprint density at radius 3 is 2.53 bits per heavy atom. The second-order valence-electron chi connectivity index (χ2n) is 4.56. The Kier molecular flexibility index (Phi) is 6.30. The van der Waals surface area contributed by atoms with Gasteiger partial charge in [-0.3, -0.25) is 0 Å². The summed E-state index contributed by atoms with van der Waals surface area (Å²) >= 11 is 9.05. The Hall–Kier alpha value is -0.100. The summed E-state index contributed by atoms with van der Waals surface area (Å²) < 4.78 is 27.0. The number of sulfonamides is 1. The first-order valence-electron chi connectivity index (χ1n) is 6.17. The number of hydrogen-bond donors (Lipinski definition) is 0. The molecule has 0 aliphatic carbocycles. The fourth-order valence-corrected chi connectivity index (χ4v) is 4.47. The molecule has 1 atom stereocenters. The zero-order chi connectivity index (χ0) is 14.6. The van der Waals surface area contributed by atoms with E-state index in [1.165, 1.54) is 4.31 Å². The van der Waals surface area contributed by atoms with Crippen LogP contribution < -0.4 is 0 Å². The van der Waals surface area contributed by atoms with Gasteiger partial charge in [0.2, 0.25) is 10.0 Å². The minimum absolute atomic E-state index is 0.0189. The van der Waals surface area contributed by atoms with Gasteiger partial charge in [0.1, 0.15) is 0 Å². The molecule has 0 saturated carbocycles. The molecule has 0 aliphatic heterocycles. The fourth-order valence-electron chi connectivity index (χ4n) is 1.83. The molecule has 0 amide bonds. The van der Waals surface area contributed by atoms with E-state index in [9.17, 15) is 8.42 Å². The first-order chi connectivity index (χ1) is 8.84. The van der Waals surface area contributed by atoms with E-state index in [-0.39, 0.29) is 10.9 Å². The fraction of sp³-hybridized carbons (Fsp3) is 0.538. The standard InChI is InChI=1S/C13H19BrClNO2S/c1-4-5-10(2)16(3)19(17,18)13-7-6-11(9-15)8-12(13)14/h6-8,10H,4-5,9H2,1-3H3. The van der Waals surface area contributed by atoms with Crippen molar-refractivity contribution in [1.82, 2.24) is 4.31 Å². The van der Waals surface area contributed by atoms with Gasteiger partial charge < -0.3 is 0 Å². The highest BCUT2D eigenvalue weighted by Crippen LogP contribution is 2.27. The molecule has 0 radical (unpaired) electrons. The lowest BCUT2D eigenvalue weighted by atomic mass is 10.2. The Morgan fingerprint density at radius 2 is 2.05 bits per heavy atom. The lowest BCUT2D eigenvalue weighted by Gasteiger charge is -2.24. The molecule has 108 valence electrons. The monoisotopic (exact) mass is 367 g/mol. The molecule has 1 unspecified atom stereocenters. The van der Waals surface area contributed by atoms with E-state index in [1.54, 1.807) is 25.2 Å². The van der Waals surface area contributed by atoms with Crippen LogP contribution in [0.25, 0.3) is 0 Å². The van der Waals surface area contributed by atoms with Gasteiger partial charge in [-0.25, -0.2) is 8.42 Å². The zero-order valence-electron chi connectivity index (χ0n) is 11.4. The molecule has 0 saturated heterocycles. The molecule has 1 rings (SSSR count). The minimum atomic E-state index is -3.47. The van der Waals surface area contributed by atoms with Crippen molar-refractivity contribution in [2.75, 3.05) is 7.05 Å². The molecule has 0 aromatic heterocycles. The van der Waals surface area contributed by atoms with Gasteiger partial charge in [-0.2, -0.15) is 4.31 Å². The summed E-state index contributed by atoms with van der Waals surface area (Å²) in [7, 11) is -1.85.